The van der Waals surface area contributed by atoms with Crippen LogP contribution in [0, 0.1) is 0 Å². The van der Waals surface area contributed by atoms with Gasteiger partial charge in [-0.2, -0.15) is 0 Å². The van der Waals surface area contributed by atoms with E-state index in [4.69, 9.17) is 16.3 Å². The molecular formula is C22H22ClN3O2. The quantitative estimate of drug-likeness (QED) is 0.649. The fourth-order valence-electron chi connectivity index (χ4n) is 2.91. The second-order valence-electron chi connectivity index (χ2n) is 6.31. The summed E-state index contributed by atoms with van der Waals surface area (Å²) < 4.78 is 5.52. The first-order valence-corrected chi connectivity index (χ1v) is 9.29. The van der Waals surface area contributed by atoms with Crippen LogP contribution in [0.3, 0.4) is 0 Å². The predicted molar refractivity (Wildman–Crippen MR) is 112 cm³/mol. The Labute approximate surface area is 169 Å². The lowest BCUT2D eigenvalue weighted by atomic mass is 9.98. The number of urea groups is 1. The maximum absolute atomic E-state index is 11.2. The van der Waals surface area contributed by atoms with E-state index in [1.165, 1.54) is 0 Å². The highest BCUT2D eigenvalue weighted by Gasteiger charge is 2.09. The first-order valence-electron chi connectivity index (χ1n) is 8.91. The fraction of sp³-hybridized carbons (Fsp3) is 0.182. The van der Waals surface area contributed by atoms with Crippen LogP contribution in [-0.4, -0.2) is 25.2 Å². The Balaban J connectivity index is 1.77. The lowest BCUT2D eigenvalue weighted by molar-refractivity contribution is 0.242. The van der Waals surface area contributed by atoms with Crippen molar-refractivity contribution in [3.63, 3.8) is 0 Å². The summed E-state index contributed by atoms with van der Waals surface area (Å²) in [6, 6.07) is 17.6. The normalized spacial score (nSPS) is 10.4. The molecule has 0 bridgehead atoms. The first kappa shape index (κ1) is 19.7. The molecule has 144 valence electrons. The van der Waals surface area contributed by atoms with Crippen LogP contribution in [0.5, 0.6) is 5.75 Å². The Morgan fingerprint density at radius 2 is 1.93 bits per heavy atom. The molecule has 0 spiro atoms. The van der Waals surface area contributed by atoms with Crippen molar-refractivity contribution in [2.24, 2.45) is 0 Å². The van der Waals surface area contributed by atoms with Crippen LogP contribution >= 0.6 is 11.6 Å². The van der Waals surface area contributed by atoms with Crippen LogP contribution in [0.4, 0.5) is 4.79 Å². The van der Waals surface area contributed by atoms with E-state index in [9.17, 15) is 4.79 Å². The van der Waals surface area contributed by atoms with Gasteiger partial charge in [0, 0.05) is 23.8 Å². The number of nitrogens with one attached hydrogen (secondary N) is 2. The molecule has 0 aliphatic carbocycles. The number of benzene rings is 2. The molecule has 3 rings (SSSR count). The number of carbonyl (C=O) groups is 1. The average molecular weight is 396 g/mol. The van der Waals surface area contributed by atoms with E-state index >= 15 is 0 Å². The molecule has 1 heterocycles. The van der Waals surface area contributed by atoms with Gasteiger partial charge in [0.1, 0.15) is 5.75 Å². The van der Waals surface area contributed by atoms with Crippen molar-refractivity contribution in [1.29, 1.82) is 0 Å². The zero-order chi connectivity index (χ0) is 19.9. The SMILES string of the molecule is CNC(=O)NCc1ccc(Cc2ccc(OC)c(-c3cccc(Cl)c3)c2)cn1. The number of amides is 2. The lowest BCUT2D eigenvalue weighted by Crippen LogP contribution is -2.32. The van der Waals surface area contributed by atoms with E-state index in [0.29, 0.717) is 11.6 Å². The minimum Gasteiger partial charge on any atom is -0.496 e. The monoisotopic (exact) mass is 395 g/mol. The van der Waals surface area contributed by atoms with Crippen molar-refractivity contribution < 1.29 is 9.53 Å². The van der Waals surface area contributed by atoms with Gasteiger partial charge >= 0.3 is 6.03 Å². The summed E-state index contributed by atoms with van der Waals surface area (Å²) in [5.74, 6) is 0.805. The maximum Gasteiger partial charge on any atom is 0.314 e. The van der Waals surface area contributed by atoms with Gasteiger partial charge in [-0.1, -0.05) is 35.9 Å². The van der Waals surface area contributed by atoms with E-state index < -0.39 is 0 Å². The number of ether oxygens (including phenoxy) is 1. The number of methoxy groups -OCH3 is 1. The Morgan fingerprint density at radius 1 is 1.11 bits per heavy atom. The third-order valence-corrected chi connectivity index (χ3v) is 4.59. The Hall–Kier alpha value is -3.05. The molecule has 0 fully saturated rings. The molecule has 6 heteroatoms. The number of pyridine rings is 1. The van der Waals surface area contributed by atoms with Crippen LogP contribution < -0.4 is 15.4 Å². The van der Waals surface area contributed by atoms with Gasteiger partial charge in [-0.3, -0.25) is 4.98 Å². The van der Waals surface area contributed by atoms with Gasteiger partial charge in [0.2, 0.25) is 0 Å². The van der Waals surface area contributed by atoms with Crippen LogP contribution in [0.1, 0.15) is 16.8 Å². The van der Waals surface area contributed by atoms with Crippen molar-refractivity contribution >= 4 is 17.6 Å². The number of carbonyl (C=O) groups excluding carboxylic acids is 1. The minimum atomic E-state index is -0.224. The second-order valence-corrected chi connectivity index (χ2v) is 6.75. The summed E-state index contributed by atoms with van der Waals surface area (Å²) >= 11 is 6.15. The number of rotatable bonds is 6. The Kier molecular flexibility index (Phi) is 6.50. The average Bonchev–Trinajstić information content (AvgIpc) is 2.73. The molecule has 5 nitrogen and oxygen atoms in total. The smallest absolute Gasteiger partial charge is 0.314 e. The summed E-state index contributed by atoms with van der Waals surface area (Å²) in [7, 11) is 3.25. The van der Waals surface area contributed by atoms with E-state index in [1.54, 1.807) is 14.2 Å². The van der Waals surface area contributed by atoms with Crippen molar-refractivity contribution in [2.45, 2.75) is 13.0 Å². The molecule has 0 atom stereocenters. The largest absolute Gasteiger partial charge is 0.496 e. The summed E-state index contributed by atoms with van der Waals surface area (Å²) in [5, 5.41) is 5.93. The number of hydrogen-bond donors (Lipinski definition) is 2. The van der Waals surface area contributed by atoms with Gasteiger partial charge in [-0.15, -0.1) is 0 Å². The van der Waals surface area contributed by atoms with Crippen molar-refractivity contribution in [2.75, 3.05) is 14.2 Å². The summed E-state index contributed by atoms with van der Waals surface area (Å²) in [4.78, 5) is 15.7. The van der Waals surface area contributed by atoms with Crippen LogP contribution in [0.25, 0.3) is 11.1 Å². The van der Waals surface area contributed by atoms with Crippen LogP contribution in [-0.2, 0) is 13.0 Å². The third-order valence-electron chi connectivity index (χ3n) is 4.35. The number of nitrogens with zero attached hydrogens (tertiary/aromatic N) is 1. The van der Waals surface area contributed by atoms with Crippen LogP contribution in [0.15, 0.2) is 60.8 Å². The molecule has 0 saturated carbocycles. The fourth-order valence-corrected chi connectivity index (χ4v) is 3.10. The molecule has 0 radical (unpaired) electrons. The zero-order valence-corrected chi connectivity index (χ0v) is 16.6. The van der Waals surface area contributed by atoms with E-state index in [-0.39, 0.29) is 6.03 Å². The van der Waals surface area contributed by atoms with E-state index in [2.05, 4.69) is 21.7 Å². The van der Waals surface area contributed by atoms with Gasteiger partial charge in [0.15, 0.2) is 0 Å². The van der Waals surface area contributed by atoms with Crippen LogP contribution in [0.2, 0.25) is 5.02 Å². The number of hydrogen-bond acceptors (Lipinski definition) is 3. The van der Waals surface area contributed by atoms with Crippen molar-refractivity contribution in [1.82, 2.24) is 15.6 Å². The molecule has 0 aliphatic rings. The summed E-state index contributed by atoms with van der Waals surface area (Å²) in [5.41, 5.74) is 5.06. The molecule has 2 aromatic carbocycles. The summed E-state index contributed by atoms with van der Waals surface area (Å²) in [6.45, 7) is 0.390. The molecular weight excluding hydrogens is 374 g/mol. The standard InChI is InChI=1S/C22H22ClN3O2/c1-24-22(27)26-14-19-8-6-16(13-25-19)10-15-7-9-21(28-2)20(11-15)17-4-3-5-18(23)12-17/h3-9,11-13H,10,14H2,1-2H3,(H2,24,26,27). The van der Waals surface area contributed by atoms with Gasteiger partial charge in [0.25, 0.3) is 0 Å². The Morgan fingerprint density at radius 3 is 2.61 bits per heavy atom. The second kappa shape index (κ2) is 9.24. The highest BCUT2D eigenvalue weighted by molar-refractivity contribution is 6.30. The zero-order valence-electron chi connectivity index (χ0n) is 15.8. The molecule has 28 heavy (non-hydrogen) atoms. The van der Waals surface area contributed by atoms with Crippen molar-refractivity contribution in [3.05, 3.63) is 82.6 Å². The molecule has 0 unspecified atom stereocenters. The third kappa shape index (κ3) is 5.02. The maximum atomic E-state index is 11.2. The topological polar surface area (TPSA) is 63.2 Å². The predicted octanol–water partition coefficient (Wildman–Crippen LogP) is 4.43. The minimum absolute atomic E-state index is 0.224. The Bertz CT molecular complexity index is 958. The molecule has 2 amide bonds. The lowest BCUT2D eigenvalue weighted by Gasteiger charge is -2.12. The molecule has 0 saturated heterocycles. The molecule has 1 aromatic heterocycles. The highest BCUT2D eigenvalue weighted by Crippen LogP contribution is 2.32. The highest BCUT2D eigenvalue weighted by atomic mass is 35.5. The summed E-state index contributed by atoms with van der Waals surface area (Å²) in [6.07, 6.45) is 2.58. The molecule has 2 N–H and O–H groups in total. The molecule has 3 aromatic rings. The van der Waals surface area contributed by atoms with Crippen molar-refractivity contribution in [3.8, 4) is 16.9 Å². The first-order chi connectivity index (χ1) is 13.6. The number of halogens is 1. The van der Waals surface area contributed by atoms with E-state index in [1.807, 2.05) is 54.7 Å². The van der Waals surface area contributed by atoms with Gasteiger partial charge in [-0.25, -0.2) is 4.79 Å². The van der Waals surface area contributed by atoms with E-state index in [0.717, 1.165) is 40.1 Å². The van der Waals surface area contributed by atoms with Gasteiger partial charge in [-0.05, 0) is 53.4 Å². The van der Waals surface area contributed by atoms with Gasteiger partial charge in [0.05, 0.1) is 19.3 Å². The molecule has 0 aliphatic heterocycles. The van der Waals surface area contributed by atoms with Gasteiger partial charge < -0.3 is 15.4 Å². The number of aromatic nitrogens is 1.